The van der Waals surface area contributed by atoms with E-state index in [2.05, 4.69) is 15.6 Å². The van der Waals surface area contributed by atoms with Crippen molar-refractivity contribution >= 4 is 29.3 Å². The summed E-state index contributed by atoms with van der Waals surface area (Å²) in [4.78, 5) is 49.9. The van der Waals surface area contributed by atoms with Gasteiger partial charge in [-0.15, -0.1) is 0 Å². The minimum atomic E-state index is -1.00. The van der Waals surface area contributed by atoms with E-state index >= 15 is 0 Å². The molecule has 0 saturated carbocycles. The molecule has 43 heavy (non-hydrogen) atoms. The molecule has 228 valence electrons. The molecule has 10 nitrogen and oxygen atoms in total. The molecule has 4 rings (SSSR count). The van der Waals surface area contributed by atoms with E-state index < -0.39 is 29.3 Å². The minimum Gasteiger partial charge on any atom is -0.349 e. The average Bonchev–Trinajstić information content (AvgIpc) is 3.49. The van der Waals surface area contributed by atoms with Crippen LogP contribution in [0.1, 0.15) is 66.5 Å². The van der Waals surface area contributed by atoms with Gasteiger partial charge in [0, 0.05) is 37.2 Å². The van der Waals surface area contributed by atoms with E-state index in [0.717, 1.165) is 12.0 Å². The van der Waals surface area contributed by atoms with Crippen molar-refractivity contribution in [1.29, 1.82) is 0 Å². The maximum absolute atomic E-state index is 13.8. The van der Waals surface area contributed by atoms with Crippen molar-refractivity contribution in [2.75, 3.05) is 13.1 Å². The van der Waals surface area contributed by atoms with Crippen LogP contribution in [0.2, 0.25) is 0 Å². The van der Waals surface area contributed by atoms with Crippen LogP contribution in [0.25, 0.3) is 0 Å². The molecule has 1 fully saturated rings. The lowest BCUT2D eigenvalue weighted by Crippen LogP contribution is -2.54. The van der Waals surface area contributed by atoms with E-state index in [-0.39, 0.29) is 41.7 Å². The Bertz CT molecular complexity index is 1450. The molecule has 0 bridgehead atoms. The molecule has 1 aromatic heterocycles. The summed E-state index contributed by atoms with van der Waals surface area (Å²) in [5.74, 6) is -2.22. The van der Waals surface area contributed by atoms with Crippen molar-refractivity contribution in [3.8, 4) is 0 Å². The topological polar surface area (TPSA) is 138 Å². The fourth-order valence-electron chi connectivity index (χ4n) is 4.66. The van der Waals surface area contributed by atoms with E-state index in [1.807, 2.05) is 13.0 Å². The van der Waals surface area contributed by atoms with E-state index in [4.69, 9.17) is 13.4 Å². The summed E-state index contributed by atoms with van der Waals surface area (Å²) in [5.41, 5.74) is 2.26. The number of likely N-dealkylation sites (tertiary alicyclic amines) is 1. The Labute approximate surface area is 251 Å². The Morgan fingerprint density at radius 2 is 1.79 bits per heavy atom. The second-order valence-corrected chi connectivity index (χ2v) is 10.2. The molecule has 0 radical (unpaired) electrons. The van der Waals surface area contributed by atoms with Crippen LogP contribution in [0.15, 0.2) is 60.9 Å². The van der Waals surface area contributed by atoms with E-state index in [1.165, 1.54) is 36.4 Å². The van der Waals surface area contributed by atoms with Gasteiger partial charge in [-0.2, -0.15) is 8.42 Å². The second-order valence-electron chi connectivity index (χ2n) is 10.1. The monoisotopic (exact) mass is 613 g/mol. The number of carbonyl (C=O) groups is 3. The maximum atomic E-state index is 13.8. The number of nitrogens with one attached hydrogen (secondary N) is 2. The minimum absolute atomic E-state index is 0.133. The van der Waals surface area contributed by atoms with Crippen LogP contribution in [0.3, 0.4) is 0 Å². The van der Waals surface area contributed by atoms with Gasteiger partial charge in [0.15, 0.2) is 0 Å². The molecule has 0 unspecified atom stereocenters. The second kappa shape index (κ2) is 16.3. The van der Waals surface area contributed by atoms with Crippen LogP contribution in [-0.2, 0) is 27.6 Å². The summed E-state index contributed by atoms with van der Waals surface area (Å²) in [5, 5.41) is 5.50. The first-order valence-corrected chi connectivity index (χ1v) is 14.4. The number of nitrogens with zero attached hydrogens (tertiary/aromatic N) is 3. The lowest BCUT2D eigenvalue weighted by molar-refractivity contribution is -0.138. The van der Waals surface area contributed by atoms with Gasteiger partial charge in [-0.3, -0.25) is 24.4 Å². The summed E-state index contributed by atoms with van der Waals surface area (Å²) >= 11 is -0.750. The molecular weight excluding hydrogens is 580 g/mol. The van der Waals surface area contributed by atoms with Crippen molar-refractivity contribution in [2.24, 2.45) is 5.92 Å². The Morgan fingerprint density at radius 3 is 2.47 bits per heavy atom. The average molecular weight is 614 g/mol. The number of benzene rings is 2. The molecule has 2 heterocycles. The first-order valence-electron chi connectivity index (χ1n) is 13.8. The van der Waals surface area contributed by atoms with Gasteiger partial charge in [0.2, 0.25) is 11.8 Å². The fourth-order valence-corrected chi connectivity index (χ4v) is 4.66. The van der Waals surface area contributed by atoms with Gasteiger partial charge in [0.25, 0.3) is 5.91 Å². The first-order chi connectivity index (χ1) is 20.7. The van der Waals surface area contributed by atoms with Crippen LogP contribution in [-0.4, -0.2) is 60.1 Å². The summed E-state index contributed by atoms with van der Waals surface area (Å²) < 4.78 is 43.5. The highest BCUT2D eigenvalue weighted by molar-refractivity contribution is 7.51. The van der Waals surface area contributed by atoms with Crippen LogP contribution in [0.4, 0.5) is 8.78 Å². The molecule has 2 aromatic carbocycles. The van der Waals surface area contributed by atoms with E-state index in [0.29, 0.717) is 37.2 Å². The van der Waals surface area contributed by atoms with Crippen LogP contribution in [0, 0.1) is 17.6 Å². The lowest BCUT2D eigenvalue weighted by Gasteiger charge is -2.30. The van der Waals surface area contributed by atoms with Gasteiger partial charge in [-0.25, -0.2) is 8.78 Å². The van der Waals surface area contributed by atoms with Gasteiger partial charge in [0.1, 0.15) is 17.7 Å². The SMILES string of the molecule is CC[C@@H](C)C(=O)N[C@@H](CNC(=O)c1ccc(F)cc1)C(=O)N1CCC[C@H]1c1cncc(Cc2cccc(F)c2)n1.O=S=O. The van der Waals surface area contributed by atoms with Gasteiger partial charge >= 0.3 is 11.6 Å². The number of amides is 3. The van der Waals surface area contributed by atoms with Crippen LogP contribution < -0.4 is 10.6 Å². The smallest absolute Gasteiger partial charge is 0.335 e. The highest BCUT2D eigenvalue weighted by Gasteiger charge is 2.36. The van der Waals surface area contributed by atoms with Crippen molar-refractivity contribution in [3.63, 3.8) is 0 Å². The normalized spacial score (nSPS) is 15.4. The molecule has 1 saturated heterocycles. The third-order valence-corrected chi connectivity index (χ3v) is 7.10. The van der Waals surface area contributed by atoms with Gasteiger partial charge < -0.3 is 15.5 Å². The van der Waals surface area contributed by atoms with Crippen molar-refractivity contribution in [2.45, 2.75) is 51.6 Å². The summed E-state index contributed by atoms with van der Waals surface area (Å²) in [6.07, 6.45) is 5.62. The maximum Gasteiger partial charge on any atom is 0.335 e. The van der Waals surface area contributed by atoms with Crippen molar-refractivity contribution in [1.82, 2.24) is 25.5 Å². The van der Waals surface area contributed by atoms with E-state index in [1.54, 1.807) is 30.3 Å². The number of rotatable bonds is 10. The molecule has 0 spiro atoms. The Kier molecular flexibility index (Phi) is 12.6. The largest absolute Gasteiger partial charge is 0.349 e. The zero-order valence-electron chi connectivity index (χ0n) is 23.8. The standard InChI is InChI=1S/C30H33F2N5O3.O2S/c1-3-19(2)28(38)36-26(18-34-29(39)21-9-11-22(31)12-10-21)30(40)37-13-5-8-27(37)25-17-33-16-24(35-25)15-20-6-4-7-23(32)14-20;1-3-2/h4,6-7,9-12,14,16-17,19,26-27H,3,5,8,13,15,18H2,1-2H3,(H,34,39)(H,36,38);/t19-,26+,27+;/m1./s1. The van der Waals surface area contributed by atoms with Crippen LogP contribution in [0.5, 0.6) is 0 Å². The number of halogens is 2. The van der Waals surface area contributed by atoms with Crippen molar-refractivity contribution in [3.05, 3.63) is 95.1 Å². The highest BCUT2D eigenvalue weighted by Crippen LogP contribution is 2.31. The van der Waals surface area contributed by atoms with E-state index in [9.17, 15) is 23.2 Å². The molecule has 13 heteroatoms. The Morgan fingerprint density at radius 1 is 1.07 bits per heavy atom. The third kappa shape index (κ3) is 9.57. The number of aromatic nitrogens is 2. The van der Waals surface area contributed by atoms with Crippen molar-refractivity contribution < 1.29 is 31.6 Å². The molecule has 2 N–H and O–H groups in total. The van der Waals surface area contributed by atoms with Gasteiger partial charge in [-0.05, 0) is 61.2 Å². The first kappa shape index (κ1) is 33.1. The van der Waals surface area contributed by atoms with Gasteiger partial charge in [-0.1, -0.05) is 26.0 Å². The summed E-state index contributed by atoms with van der Waals surface area (Å²) in [7, 11) is 0. The zero-order valence-corrected chi connectivity index (χ0v) is 24.6. The molecule has 3 amide bonds. The number of hydrogen-bond acceptors (Lipinski definition) is 7. The number of hydrogen-bond donors (Lipinski definition) is 2. The van der Waals surface area contributed by atoms with Crippen LogP contribution >= 0.6 is 0 Å². The highest BCUT2D eigenvalue weighted by atomic mass is 32.1. The molecular formula is C30H33F2N5O5S. The summed E-state index contributed by atoms with van der Waals surface area (Å²) in [6, 6.07) is 9.99. The summed E-state index contributed by atoms with van der Waals surface area (Å²) in [6.45, 7) is 3.97. The lowest BCUT2D eigenvalue weighted by atomic mass is 10.1. The third-order valence-electron chi connectivity index (χ3n) is 7.10. The zero-order chi connectivity index (χ0) is 31.4. The molecule has 0 aliphatic carbocycles. The molecule has 1 aliphatic heterocycles. The van der Waals surface area contributed by atoms with Gasteiger partial charge in [0.05, 0.1) is 23.6 Å². The Balaban J connectivity index is 0.00000162. The number of carbonyl (C=O) groups excluding carboxylic acids is 3. The molecule has 3 atom stereocenters. The molecule has 1 aliphatic rings. The quantitative estimate of drug-likeness (QED) is 0.358. The Hall–Kier alpha value is -4.39. The predicted octanol–water partition coefficient (Wildman–Crippen LogP) is 3.30. The predicted molar refractivity (Wildman–Crippen MR) is 154 cm³/mol. The fraction of sp³-hybridized carbons (Fsp3) is 0.367. The molecule has 3 aromatic rings.